The van der Waals surface area contributed by atoms with E-state index in [9.17, 15) is 13.2 Å². The van der Waals surface area contributed by atoms with Gasteiger partial charge in [0.1, 0.15) is 11.5 Å². The molecule has 1 fully saturated rings. The Kier molecular flexibility index (Phi) is 5.90. The van der Waals surface area contributed by atoms with Crippen LogP contribution in [-0.2, 0) is 10.0 Å². The lowest BCUT2D eigenvalue weighted by atomic mass is 10.1. The maximum atomic E-state index is 12.7. The fourth-order valence-electron chi connectivity index (χ4n) is 2.83. The minimum absolute atomic E-state index is 0.00281. The Balaban J connectivity index is 1.79. The summed E-state index contributed by atoms with van der Waals surface area (Å²) in [6, 6.07) is 11.0. The second kappa shape index (κ2) is 8.20. The molecular weight excluding hydrogens is 380 g/mol. The molecule has 0 bridgehead atoms. The fraction of sp³-hybridized carbons (Fsp3) is 0.350. The molecule has 0 aromatic heterocycles. The fourth-order valence-corrected chi connectivity index (χ4v) is 4.18. The van der Waals surface area contributed by atoms with Crippen molar-refractivity contribution in [3.63, 3.8) is 0 Å². The lowest BCUT2D eigenvalue weighted by molar-refractivity contribution is 0.0939. The van der Waals surface area contributed by atoms with Gasteiger partial charge in [-0.25, -0.2) is 13.1 Å². The number of ether oxygens (including phenoxy) is 2. The van der Waals surface area contributed by atoms with E-state index < -0.39 is 10.0 Å². The normalized spacial score (nSPS) is 15.0. The van der Waals surface area contributed by atoms with Crippen LogP contribution in [0.25, 0.3) is 0 Å². The van der Waals surface area contributed by atoms with E-state index in [1.165, 1.54) is 12.1 Å². The van der Waals surface area contributed by atoms with Crippen molar-refractivity contribution < 1.29 is 22.7 Å². The predicted octanol–water partition coefficient (Wildman–Crippen LogP) is 2.64. The highest BCUT2D eigenvalue weighted by molar-refractivity contribution is 7.89. The summed E-state index contributed by atoms with van der Waals surface area (Å²) >= 11 is 0. The lowest BCUT2D eigenvalue weighted by Gasteiger charge is -2.18. The molecule has 0 heterocycles. The van der Waals surface area contributed by atoms with Crippen LogP contribution in [0.2, 0.25) is 0 Å². The third-order valence-corrected chi connectivity index (χ3v) is 6.07. The average Bonchev–Trinajstić information content (AvgIpc) is 3.50. The molecule has 8 heteroatoms. The molecule has 150 valence electrons. The zero-order chi connectivity index (χ0) is 20.3. The van der Waals surface area contributed by atoms with E-state index in [-0.39, 0.29) is 28.4 Å². The number of hydrogen-bond donors (Lipinski definition) is 2. The molecule has 3 rings (SSSR count). The van der Waals surface area contributed by atoms with E-state index in [2.05, 4.69) is 10.0 Å². The molecule has 1 aliphatic rings. The van der Waals surface area contributed by atoms with Gasteiger partial charge in [0.15, 0.2) is 0 Å². The molecule has 7 nitrogen and oxygen atoms in total. The first-order valence-corrected chi connectivity index (χ1v) is 10.5. The maximum absolute atomic E-state index is 12.7. The first-order chi connectivity index (χ1) is 13.3. The van der Waals surface area contributed by atoms with Crippen molar-refractivity contribution >= 4 is 15.9 Å². The van der Waals surface area contributed by atoms with E-state index in [4.69, 9.17) is 9.47 Å². The van der Waals surface area contributed by atoms with Crippen LogP contribution in [0.5, 0.6) is 11.5 Å². The highest BCUT2D eigenvalue weighted by atomic mass is 32.2. The Morgan fingerprint density at radius 3 is 2.50 bits per heavy atom. The molecule has 28 heavy (non-hydrogen) atoms. The smallest absolute Gasteiger partial charge is 0.251 e. The van der Waals surface area contributed by atoms with E-state index in [1.807, 2.05) is 6.92 Å². The monoisotopic (exact) mass is 404 g/mol. The van der Waals surface area contributed by atoms with E-state index in [0.29, 0.717) is 11.5 Å². The van der Waals surface area contributed by atoms with Gasteiger partial charge < -0.3 is 14.8 Å². The number of rotatable bonds is 8. The summed E-state index contributed by atoms with van der Waals surface area (Å²) in [5.74, 6) is 0.899. The SMILES string of the molecule is COc1ccc(OC)c(C(C)NC(=O)c2cccc(S(=O)(=O)NC3CC3)c2)c1. The predicted molar refractivity (Wildman–Crippen MR) is 105 cm³/mol. The quantitative estimate of drug-likeness (QED) is 0.705. The molecular formula is C20H24N2O5S. The Morgan fingerprint density at radius 2 is 1.86 bits per heavy atom. The van der Waals surface area contributed by atoms with Gasteiger partial charge in [-0.1, -0.05) is 6.07 Å². The summed E-state index contributed by atoms with van der Waals surface area (Å²) in [6.07, 6.45) is 1.69. The van der Waals surface area contributed by atoms with Gasteiger partial charge in [0.2, 0.25) is 10.0 Å². The number of nitrogens with one attached hydrogen (secondary N) is 2. The van der Waals surface area contributed by atoms with Crippen LogP contribution < -0.4 is 19.5 Å². The number of sulfonamides is 1. The van der Waals surface area contributed by atoms with E-state index >= 15 is 0 Å². The molecule has 2 aromatic carbocycles. The van der Waals surface area contributed by atoms with Crippen molar-refractivity contribution in [2.24, 2.45) is 0 Å². The van der Waals surface area contributed by atoms with Crippen molar-refractivity contribution in [2.75, 3.05) is 14.2 Å². The third kappa shape index (κ3) is 4.63. The van der Waals surface area contributed by atoms with Gasteiger partial charge in [-0.2, -0.15) is 0 Å². The zero-order valence-corrected chi connectivity index (χ0v) is 16.9. The summed E-state index contributed by atoms with van der Waals surface area (Å²) in [7, 11) is -0.497. The molecule has 0 radical (unpaired) electrons. The molecule has 0 saturated heterocycles. The van der Waals surface area contributed by atoms with E-state index in [0.717, 1.165) is 18.4 Å². The van der Waals surface area contributed by atoms with Crippen LogP contribution >= 0.6 is 0 Å². The van der Waals surface area contributed by atoms with Crippen molar-refractivity contribution in [3.05, 3.63) is 53.6 Å². The molecule has 0 aliphatic heterocycles. The largest absolute Gasteiger partial charge is 0.497 e. The third-order valence-electron chi connectivity index (χ3n) is 4.56. The van der Waals surface area contributed by atoms with Crippen LogP contribution in [0.15, 0.2) is 47.4 Å². The molecule has 2 N–H and O–H groups in total. The Labute approximate surface area is 165 Å². The topological polar surface area (TPSA) is 93.7 Å². The van der Waals surface area contributed by atoms with Crippen molar-refractivity contribution in [3.8, 4) is 11.5 Å². The molecule has 1 amide bonds. The van der Waals surface area contributed by atoms with Gasteiger partial charge in [0, 0.05) is 17.2 Å². The highest BCUT2D eigenvalue weighted by Gasteiger charge is 2.28. The van der Waals surface area contributed by atoms with Crippen LogP contribution in [0, 0.1) is 0 Å². The van der Waals surface area contributed by atoms with Gasteiger partial charge in [-0.15, -0.1) is 0 Å². The van der Waals surface area contributed by atoms with Crippen LogP contribution in [0.4, 0.5) is 0 Å². The summed E-state index contributed by atoms with van der Waals surface area (Å²) in [4.78, 5) is 12.8. The second-order valence-corrected chi connectivity index (χ2v) is 8.44. The number of hydrogen-bond acceptors (Lipinski definition) is 5. The summed E-state index contributed by atoms with van der Waals surface area (Å²) < 4.78 is 38.0. The van der Waals surface area contributed by atoms with Gasteiger partial charge in [0.25, 0.3) is 5.91 Å². The highest BCUT2D eigenvalue weighted by Crippen LogP contribution is 2.29. The van der Waals surface area contributed by atoms with Crippen LogP contribution in [0.1, 0.15) is 41.7 Å². The molecule has 1 aliphatic carbocycles. The van der Waals surface area contributed by atoms with Crippen LogP contribution in [0.3, 0.4) is 0 Å². The van der Waals surface area contributed by atoms with Gasteiger partial charge in [0.05, 0.1) is 25.2 Å². The lowest BCUT2D eigenvalue weighted by Crippen LogP contribution is -2.28. The summed E-state index contributed by atoms with van der Waals surface area (Å²) in [6.45, 7) is 1.82. The first-order valence-electron chi connectivity index (χ1n) is 8.99. The molecule has 1 atom stereocenters. The van der Waals surface area contributed by atoms with Crippen molar-refractivity contribution in [1.29, 1.82) is 0 Å². The van der Waals surface area contributed by atoms with Crippen LogP contribution in [-0.4, -0.2) is 34.6 Å². The molecule has 2 aromatic rings. The van der Waals surface area contributed by atoms with Gasteiger partial charge >= 0.3 is 0 Å². The molecule has 1 unspecified atom stereocenters. The van der Waals surface area contributed by atoms with Crippen molar-refractivity contribution in [2.45, 2.75) is 36.7 Å². The second-order valence-electron chi connectivity index (χ2n) is 6.73. The molecule has 1 saturated carbocycles. The minimum Gasteiger partial charge on any atom is -0.497 e. The number of amides is 1. The average molecular weight is 404 g/mol. The van der Waals surface area contributed by atoms with Gasteiger partial charge in [-0.05, 0) is 56.2 Å². The number of benzene rings is 2. The maximum Gasteiger partial charge on any atom is 0.251 e. The summed E-state index contributed by atoms with van der Waals surface area (Å²) in [5.41, 5.74) is 1.03. The Hall–Kier alpha value is -2.58. The minimum atomic E-state index is -3.62. The van der Waals surface area contributed by atoms with Gasteiger partial charge in [-0.3, -0.25) is 4.79 Å². The standard InChI is InChI=1S/C20H24N2O5S/c1-13(18-12-16(26-2)9-10-19(18)27-3)21-20(23)14-5-4-6-17(11-14)28(24,25)22-15-7-8-15/h4-6,9-13,15,22H,7-8H2,1-3H3,(H,21,23). The summed E-state index contributed by atoms with van der Waals surface area (Å²) in [5, 5.41) is 2.88. The number of methoxy groups -OCH3 is 2. The Bertz CT molecular complexity index is 970. The van der Waals surface area contributed by atoms with Crippen molar-refractivity contribution in [1.82, 2.24) is 10.0 Å². The Morgan fingerprint density at radius 1 is 1.11 bits per heavy atom. The zero-order valence-electron chi connectivity index (χ0n) is 16.1. The molecule has 0 spiro atoms. The number of carbonyl (C=O) groups is 1. The first kappa shape index (κ1) is 20.2. The van der Waals surface area contributed by atoms with E-state index in [1.54, 1.807) is 44.6 Å². The number of carbonyl (C=O) groups excluding carboxylic acids is 1.